The van der Waals surface area contributed by atoms with Gasteiger partial charge in [0.25, 0.3) is 0 Å². The summed E-state index contributed by atoms with van der Waals surface area (Å²) in [6, 6.07) is 3.93. The second-order valence-corrected chi connectivity index (χ2v) is 4.53. The minimum Gasteiger partial charge on any atom is -0.319 e. The maximum atomic E-state index is 13.3. The van der Waals surface area contributed by atoms with E-state index in [1.165, 1.54) is 6.07 Å². The molecular weight excluding hydrogens is 248 g/mol. The van der Waals surface area contributed by atoms with Crippen molar-refractivity contribution >= 4 is 0 Å². The zero-order valence-corrected chi connectivity index (χ0v) is 11.3. The summed E-state index contributed by atoms with van der Waals surface area (Å²) in [6.07, 6.45) is 0.805. The molecule has 2 aromatic rings. The molecule has 102 valence electrons. The van der Waals surface area contributed by atoms with Crippen LogP contribution in [0.15, 0.2) is 18.2 Å². The van der Waals surface area contributed by atoms with E-state index in [1.807, 2.05) is 21.0 Å². The summed E-state index contributed by atoms with van der Waals surface area (Å²) in [4.78, 5) is 0. The highest BCUT2D eigenvalue weighted by Gasteiger charge is 2.15. The normalized spacial score (nSPS) is 11.0. The molecule has 0 amide bonds. The highest BCUT2D eigenvalue weighted by molar-refractivity contribution is 5.64. The van der Waals surface area contributed by atoms with Crippen LogP contribution in [0.1, 0.15) is 11.3 Å². The third-order valence-corrected chi connectivity index (χ3v) is 3.19. The van der Waals surface area contributed by atoms with Crippen LogP contribution in [0.4, 0.5) is 8.78 Å². The number of halogens is 2. The average molecular weight is 265 g/mol. The van der Waals surface area contributed by atoms with Gasteiger partial charge in [0.1, 0.15) is 0 Å². The fraction of sp³-hybridized carbons (Fsp3) is 0.357. The van der Waals surface area contributed by atoms with E-state index in [-0.39, 0.29) is 0 Å². The quantitative estimate of drug-likeness (QED) is 0.920. The van der Waals surface area contributed by atoms with Crippen LogP contribution in [0.2, 0.25) is 0 Å². The zero-order chi connectivity index (χ0) is 14.0. The van der Waals surface area contributed by atoms with Gasteiger partial charge in [-0.1, -0.05) is 0 Å². The average Bonchev–Trinajstić information content (AvgIpc) is 2.65. The Morgan fingerprint density at radius 1 is 1.26 bits per heavy atom. The number of benzene rings is 1. The lowest BCUT2D eigenvalue weighted by atomic mass is 10.1. The van der Waals surface area contributed by atoms with Gasteiger partial charge in [-0.15, -0.1) is 0 Å². The molecule has 5 heteroatoms. The van der Waals surface area contributed by atoms with Gasteiger partial charge >= 0.3 is 0 Å². The largest absolute Gasteiger partial charge is 0.319 e. The molecule has 0 radical (unpaired) electrons. The molecule has 2 rings (SSSR count). The number of likely N-dealkylation sites (N-methyl/N-ethyl adjacent to an activating group) is 1. The van der Waals surface area contributed by atoms with Crippen molar-refractivity contribution in [2.75, 3.05) is 13.6 Å². The molecule has 3 nitrogen and oxygen atoms in total. The molecule has 0 spiro atoms. The van der Waals surface area contributed by atoms with E-state index in [4.69, 9.17) is 0 Å². The molecule has 1 aromatic carbocycles. The van der Waals surface area contributed by atoms with Crippen molar-refractivity contribution in [3.8, 4) is 11.3 Å². The van der Waals surface area contributed by atoms with Gasteiger partial charge in [-0.05, 0) is 37.7 Å². The monoisotopic (exact) mass is 265 g/mol. The number of hydrogen-bond donors (Lipinski definition) is 1. The Hall–Kier alpha value is -1.75. The van der Waals surface area contributed by atoms with Crippen LogP contribution in [0, 0.1) is 18.6 Å². The van der Waals surface area contributed by atoms with Crippen LogP contribution in [-0.4, -0.2) is 23.4 Å². The minimum atomic E-state index is -0.838. The van der Waals surface area contributed by atoms with Crippen molar-refractivity contribution in [2.45, 2.75) is 13.3 Å². The number of hydrogen-bond acceptors (Lipinski definition) is 2. The van der Waals surface area contributed by atoms with Gasteiger partial charge < -0.3 is 5.32 Å². The van der Waals surface area contributed by atoms with Gasteiger partial charge in [0.15, 0.2) is 11.6 Å². The fourth-order valence-corrected chi connectivity index (χ4v) is 2.21. The summed E-state index contributed by atoms with van der Waals surface area (Å²) >= 11 is 0. The summed E-state index contributed by atoms with van der Waals surface area (Å²) in [6.45, 7) is 2.78. The smallest absolute Gasteiger partial charge is 0.159 e. The Morgan fingerprint density at radius 3 is 2.63 bits per heavy atom. The lowest BCUT2D eigenvalue weighted by molar-refractivity contribution is 0.509. The van der Waals surface area contributed by atoms with Crippen LogP contribution in [0.3, 0.4) is 0 Å². The fourth-order valence-electron chi connectivity index (χ4n) is 2.21. The summed E-state index contributed by atoms with van der Waals surface area (Å²) in [7, 11) is 3.70. The standard InChI is InChI=1S/C14H17F2N3/c1-9-13(6-7-17-2)18-19(3)14(9)10-4-5-11(15)12(16)8-10/h4-5,8,17H,6-7H2,1-3H3. The Balaban J connectivity index is 2.44. The van der Waals surface area contributed by atoms with Gasteiger partial charge in [0.05, 0.1) is 11.4 Å². The summed E-state index contributed by atoms with van der Waals surface area (Å²) in [5.74, 6) is -1.67. The van der Waals surface area contributed by atoms with E-state index in [0.29, 0.717) is 5.56 Å². The Kier molecular flexibility index (Phi) is 3.95. The SMILES string of the molecule is CNCCc1nn(C)c(-c2ccc(F)c(F)c2)c1C. The molecule has 0 fully saturated rings. The maximum Gasteiger partial charge on any atom is 0.159 e. The molecule has 1 N–H and O–H groups in total. The molecule has 0 saturated carbocycles. The van der Waals surface area contributed by atoms with Crippen LogP contribution in [-0.2, 0) is 13.5 Å². The Labute approximate surface area is 111 Å². The third-order valence-electron chi connectivity index (χ3n) is 3.19. The van der Waals surface area contributed by atoms with Crippen molar-refractivity contribution in [1.29, 1.82) is 0 Å². The minimum absolute atomic E-state index is 0.641. The lowest BCUT2D eigenvalue weighted by Crippen LogP contribution is -2.11. The first-order chi connectivity index (χ1) is 9.04. The number of aromatic nitrogens is 2. The van der Waals surface area contributed by atoms with E-state index in [1.54, 1.807) is 10.7 Å². The predicted octanol–water partition coefficient (Wildman–Crippen LogP) is 2.44. The molecule has 0 saturated heterocycles. The van der Waals surface area contributed by atoms with Gasteiger partial charge in [-0.3, -0.25) is 4.68 Å². The van der Waals surface area contributed by atoms with Crippen LogP contribution in [0.25, 0.3) is 11.3 Å². The molecule has 1 aromatic heterocycles. The molecule has 0 aliphatic heterocycles. The highest BCUT2D eigenvalue weighted by Crippen LogP contribution is 2.26. The number of nitrogens with one attached hydrogen (secondary N) is 1. The second kappa shape index (κ2) is 5.48. The van der Waals surface area contributed by atoms with Crippen molar-refractivity contribution < 1.29 is 8.78 Å². The first-order valence-electron chi connectivity index (χ1n) is 6.17. The van der Waals surface area contributed by atoms with E-state index >= 15 is 0 Å². The van der Waals surface area contributed by atoms with Crippen molar-refractivity contribution in [2.24, 2.45) is 7.05 Å². The van der Waals surface area contributed by atoms with Crippen molar-refractivity contribution in [1.82, 2.24) is 15.1 Å². The van der Waals surface area contributed by atoms with E-state index in [2.05, 4.69) is 10.4 Å². The van der Waals surface area contributed by atoms with Gasteiger partial charge in [-0.25, -0.2) is 8.78 Å². The lowest BCUT2D eigenvalue weighted by Gasteiger charge is -2.04. The molecule has 19 heavy (non-hydrogen) atoms. The first-order valence-corrected chi connectivity index (χ1v) is 6.17. The third kappa shape index (κ3) is 2.66. The van der Waals surface area contributed by atoms with E-state index in [0.717, 1.165) is 36.0 Å². The van der Waals surface area contributed by atoms with E-state index in [9.17, 15) is 8.78 Å². The maximum absolute atomic E-state index is 13.3. The molecule has 0 aliphatic carbocycles. The van der Waals surface area contributed by atoms with E-state index < -0.39 is 11.6 Å². The van der Waals surface area contributed by atoms with Crippen molar-refractivity contribution in [3.05, 3.63) is 41.1 Å². The highest BCUT2D eigenvalue weighted by atomic mass is 19.2. The summed E-state index contributed by atoms with van der Waals surface area (Å²) < 4.78 is 28.0. The molecule has 0 bridgehead atoms. The van der Waals surface area contributed by atoms with Gasteiger partial charge in [-0.2, -0.15) is 5.10 Å². The topological polar surface area (TPSA) is 29.9 Å². The van der Waals surface area contributed by atoms with Gasteiger partial charge in [0.2, 0.25) is 0 Å². The molecule has 1 heterocycles. The van der Waals surface area contributed by atoms with Crippen LogP contribution < -0.4 is 5.32 Å². The van der Waals surface area contributed by atoms with Gasteiger partial charge in [0, 0.05) is 25.6 Å². The predicted molar refractivity (Wildman–Crippen MR) is 70.9 cm³/mol. The molecule has 0 aliphatic rings. The first kappa shape index (κ1) is 13.7. The molecular formula is C14H17F2N3. The second-order valence-electron chi connectivity index (χ2n) is 4.53. The zero-order valence-electron chi connectivity index (χ0n) is 11.3. The molecule has 0 atom stereocenters. The van der Waals surface area contributed by atoms with Crippen LogP contribution >= 0.6 is 0 Å². The number of rotatable bonds is 4. The number of aryl methyl sites for hydroxylation is 1. The Bertz CT molecular complexity index is 591. The Morgan fingerprint density at radius 2 is 2.00 bits per heavy atom. The summed E-state index contributed by atoms with van der Waals surface area (Å²) in [5.41, 5.74) is 3.44. The summed E-state index contributed by atoms with van der Waals surface area (Å²) in [5, 5.41) is 7.51. The number of nitrogens with zero attached hydrogens (tertiary/aromatic N) is 2. The molecule has 0 unspecified atom stereocenters. The van der Waals surface area contributed by atoms with Crippen molar-refractivity contribution in [3.63, 3.8) is 0 Å². The van der Waals surface area contributed by atoms with Crippen LogP contribution in [0.5, 0.6) is 0 Å².